The Bertz CT molecular complexity index is 1570. The zero-order valence-corrected chi connectivity index (χ0v) is 22.8. The Balaban J connectivity index is 1.93. The third kappa shape index (κ3) is 5.78. The molecule has 0 saturated carbocycles. The molecule has 0 spiro atoms. The number of benzene rings is 2. The van der Waals surface area contributed by atoms with Crippen LogP contribution in [-0.4, -0.2) is 29.7 Å². The molecular weight excluding hydrogens is 504 g/mol. The lowest BCUT2D eigenvalue weighted by Gasteiger charge is -2.25. The molecule has 0 radical (unpaired) electrons. The minimum atomic E-state index is -0.811. The maximum atomic E-state index is 13.8. The van der Waals surface area contributed by atoms with E-state index in [0.717, 1.165) is 5.56 Å². The first-order chi connectivity index (χ1) is 18.2. The summed E-state index contributed by atoms with van der Waals surface area (Å²) in [7, 11) is 0. The fourth-order valence-corrected chi connectivity index (χ4v) is 5.17. The van der Waals surface area contributed by atoms with Crippen molar-refractivity contribution in [2.75, 3.05) is 13.2 Å². The van der Waals surface area contributed by atoms with Crippen LogP contribution in [0.4, 0.5) is 0 Å². The zero-order valence-electron chi connectivity index (χ0n) is 22.0. The van der Waals surface area contributed by atoms with E-state index in [1.54, 1.807) is 25.1 Å². The van der Waals surface area contributed by atoms with Crippen LogP contribution in [0.15, 0.2) is 69.6 Å². The third-order valence-corrected chi connectivity index (χ3v) is 6.71. The zero-order chi connectivity index (χ0) is 27.4. The molecule has 0 amide bonds. The molecule has 0 saturated heterocycles. The molecule has 0 fully saturated rings. The van der Waals surface area contributed by atoms with Crippen molar-refractivity contribution in [2.45, 2.75) is 40.7 Å². The molecule has 1 atom stereocenters. The minimum absolute atomic E-state index is 0.137. The Hall–Kier alpha value is -3.98. The maximum absolute atomic E-state index is 13.8. The maximum Gasteiger partial charge on any atom is 0.338 e. The van der Waals surface area contributed by atoms with E-state index in [1.165, 1.54) is 22.8 Å². The van der Waals surface area contributed by atoms with E-state index in [4.69, 9.17) is 14.2 Å². The largest absolute Gasteiger partial charge is 0.490 e. The number of hydrogen-bond acceptors (Lipinski definition) is 8. The van der Waals surface area contributed by atoms with Gasteiger partial charge in [-0.15, -0.1) is 0 Å². The van der Waals surface area contributed by atoms with Crippen molar-refractivity contribution in [1.82, 2.24) is 4.57 Å². The Labute approximate surface area is 224 Å². The summed E-state index contributed by atoms with van der Waals surface area (Å²) >= 11 is 1.26. The minimum Gasteiger partial charge on any atom is -0.490 e. The molecule has 1 aliphatic heterocycles. The number of carbonyl (C=O) groups excluding carboxylic acids is 2. The van der Waals surface area contributed by atoms with Gasteiger partial charge in [0.2, 0.25) is 0 Å². The fourth-order valence-electron chi connectivity index (χ4n) is 4.12. The number of rotatable bonds is 8. The number of allylic oxidation sites excluding steroid dienone is 1. The van der Waals surface area contributed by atoms with E-state index in [2.05, 4.69) is 4.99 Å². The molecule has 0 bridgehead atoms. The van der Waals surface area contributed by atoms with Gasteiger partial charge >= 0.3 is 11.9 Å². The Kier molecular flexibility index (Phi) is 8.26. The van der Waals surface area contributed by atoms with Crippen LogP contribution in [0.3, 0.4) is 0 Å². The van der Waals surface area contributed by atoms with Gasteiger partial charge in [-0.25, -0.2) is 9.79 Å². The first-order valence-electron chi connectivity index (χ1n) is 12.4. The molecule has 198 valence electrons. The number of carbonyl (C=O) groups is 2. The number of nitrogens with zero attached hydrogens (tertiary/aromatic N) is 2. The molecule has 3 aromatic rings. The standard InChI is InChI=1S/C29H30N2O6S/c1-6-35-23-15-21(12-13-22(23)37-19(5)32)26-25(28(34)36-16-17(2)3)18(4)30-29-31(26)27(33)24(38-29)14-20-10-8-7-9-11-20/h7-15,17,26H,6,16H2,1-5H3/b24-14+. The lowest BCUT2D eigenvalue weighted by atomic mass is 9.95. The van der Waals surface area contributed by atoms with Gasteiger partial charge in [0, 0.05) is 6.92 Å². The van der Waals surface area contributed by atoms with Gasteiger partial charge in [-0.2, -0.15) is 0 Å². The first kappa shape index (κ1) is 27.1. The van der Waals surface area contributed by atoms with Crippen molar-refractivity contribution in [3.8, 4) is 11.5 Å². The van der Waals surface area contributed by atoms with Gasteiger partial charge in [-0.05, 0) is 49.1 Å². The molecule has 4 rings (SSSR count). The summed E-state index contributed by atoms with van der Waals surface area (Å²) in [5, 5.41) is 0. The van der Waals surface area contributed by atoms with Crippen LogP contribution >= 0.6 is 11.3 Å². The van der Waals surface area contributed by atoms with Gasteiger partial charge in [0.25, 0.3) is 5.56 Å². The summed E-state index contributed by atoms with van der Waals surface area (Å²) in [5.41, 5.74) is 1.95. The summed E-state index contributed by atoms with van der Waals surface area (Å²) in [6.45, 7) is 9.33. The number of ether oxygens (including phenoxy) is 3. The predicted molar refractivity (Wildman–Crippen MR) is 145 cm³/mol. The second kappa shape index (κ2) is 11.6. The van der Waals surface area contributed by atoms with E-state index in [-0.39, 0.29) is 29.4 Å². The van der Waals surface area contributed by atoms with Crippen molar-refractivity contribution in [3.05, 3.63) is 90.6 Å². The average Bonchev–Trinajstić information content (AvgIpc) is 3.17. The molecule has 2 aromatic carbocycles. The van der Waals surface area contributed by atoms with E-state index in [9.17, 15) is 14.4 Å². The van der Waals surface area contributed by atoms with Gasteiger partial charge < -0.3 is 14.2 Å². The first-order valence-corrected chi connectivity index (χ1v) is 13.2. The quantitative estimate of drug-likeness (QED) is 0.323. The molecule has 1 unspecified atom stereocenters. The molecule has 0 aliphatic carbocycles. The van der Waals surface area contributed by atoms with Gasteiger partial charge in [-0.3, -0.25) is 14.2 Å². The summed E-state index contributed by atoms with van der Waals surface area (Å²) in [5.74, 6) is -0.302. The predicted octanol–water partition coefficient (Wildman–Crippen LogP) is 3.76. The SMILES string of the molecule is CCOc1cc(C2C(C(=O)OCC(C)C)=C(C)N=c3s/c(=C/c4ccccc4)c(=O)n32)ccc1OC(C)=O. The van der Waals surface area contributed by atoms with Crippen LogP contribution in [0.1, 0.15) is 51.8 Å². The molecule has 1 aliphatic rings. The van der Waals surface area contributed by atoms with E-state index < -0.39 is 18.0 Å². The van der Waals surface area contributed by atoms with Gasteiger partial charge in [0.15, 0.2) is 16.3 Å². The summed E-state index contributed by atoms with van der Waals surface area (Å²) in [6.07, 6.45) is 1.81. The van der Waals surface area contributed by atoms with Gasteiger partial charge in [0.1, 0.15) is 0 Å². The molecule has 1 aromatic heterocycles. The molecule has 2 heterocycles. The molecule has 8 nitrogen and oxygen atoms in total. The van der Waals surface area contributed by atoms with E-state index >= 15 is 0 Å². The highest BCUT2D eigenvalue weighted by Crippen LogP contribution is 2.36. The monoisotopic (exact) mass is 534 g/mol. The van der Waals surface area contributed by atoms with Crippen LogP contribution in [0.5, 0.6) is 11.5 Å². The van der Waals surface area contributed by atoms with Crippen LogP contribution in [0.2, 0.25) is 0 Å². The Morgan fingerprint density at radius 3 is 2.53 bits per heavy atom. The second-order valence-electron chi connectivity index (χ2n) is 9.22. The van der Waals surface area contributed by atoms with Crippen LogP contribution in [0.25, 0.3) is 6.08 Å². The summed E-state index contributed by atoms with van der Waals surface area (Å²) < 4.78 is 18.7. The van der Waals surface area contributed by atoms with Crippen LogP contribution in [0, 0.1) is 5.92 Å². The fraction of sp³-hybridized carbons (Fsp3) is 0.310. The molecular formula is C29H30N2O6S. The molecule has 9 heteroatoms. The highest BCUT2D eigenvalue weighted by Gasteiger charge is 2.34. The number of hydrogen-bond donors (Lipinski definition) is 0. The van der Waals surface area contributed by atoms with Crippen LogP contribution in [-0.2, 0) is 14.3 Å². The Morgan fingerprint density at radius 1 is 1.13 bits per heavy atom. The summed E-state index contributed by atoms with van der Waals surface area (Å²) in [6, 6.07) is 13.7. The normalized spacial score (nSPS) is 15.2. The van der Waals surface area contributed by atoms with Crippen molar-refractivity contribution in [1.29, 1.82) is 0 Å². The van der Waals surface area contributed by atoms with Gasteiger partial charge in [0.05, 0.1) is 35.1 Å². The number of fused-ring (bicyclic) bond motifs is 1. The molecule has 38 heavy (non-hydrogen) atoms. The summed E-state index contributed by atoms with van der Waals surface area (Å²) in [4.78, 5) is 43.9. The van der Waals surface area contributed by atoms with Crippen molar-refractivity contribution >= 4 is 29.4 Å². The van der Waals surface area contributed by atoms with E-state index in [0.29, 0.717) is 33.0 Å². The van der Waals surface area contributed by atoms with Crippen LogP contribution < -0.4 is 24.4 Å². The number of esters is 2. The average molecular weight is 535 g/mol. The molecule has 0 N–H and O–H groups in total. The lowest BCUT2D eigenvalue weighted by molar-refractivity contribution is -0.140. The Morgan fingerprint density at radius 2 is 1.87 bits per heavy atom. The highest BCUT2D eigenvalue weighted by molar-refractivity contribution is 7.07. The second-order valence-corrected chi connectivity index (χ2v) is 10.2. The third-order valence-electron chi connectivity index (χ3n) is 5.72. The topological polar surface area (TPSA) is 96.2 Å². The highest BCUT2D eigenvalue weighted by atomic mass is 32.1. The van der Waals surface area contributed by atoms with Crippen molar-refractivity contribution < 1.29 is 23.8 Å². The number of thiazole rings is 1. The van der Waals surface area contributed by atoms with E-state index in [1.807, 2.05) is 57.2 Å². The lowest BCUT2D eigenvalue weighted by Crippen LogP contribution is -2.40. The number of aromatic nitrogens is 1. The van der Waals surface area contributed by atoms with Gasteiger partial charge in [-0.1, -0.05) is 61.6 Å². The van der Waals surface area contributed by atoms with Crippen molar-refractivity contribution in [2.24, 2.45) is 10.9 Å². The van der Waals surface area contributed by atoms with Crippen molar-refractivity contribution in [3.63, 3.8) is 0 Å². The smallest absolute Gasteiger partial charge is 0.338 e.